The molecule has 1 atom stereocenters. The SMILES string of the molecule is CC(C)CN1CC(C(=O)N(C)C)C1.CC(C)CN1CC(C(=O)N2CC(O)C2)C1.CC(C)CN1CC(C(=O)N2CCC(O)C2)C1.CC(C)CN1CC(C(C)(C)O)C1.CC(C)CN1CC(C)(C(=O)N(C)C)C1.CC(C)CN1CC(N(C)C(C)(C)C(N)=O)C1.CC(C)CN1CC(N(C)C2COC2)C1.CC(C)CN1CC(N(C)CCS(C)(=O)=O)C1.CC(C)CN1CC(N2CCOC(C)(C)C2)C1.CC(C)CN1CC2(CCN(C)C(=O)C2)C1. The molecular formula is C113H224N20O13S. The molecule has 5 N–H and O–H groups in total. The smallest absolute Gasteiger partial charge is 0.237 e. The second-order valence-corrected chi connectivity index (χ2v) is 56.3. The van der Waals surface area contributed by atoms with Gasteiger partial charge in [-0.2, -0.15) is 0 Å². The minimum atomic E-state index is -2.82. The minimum Gasteiger partial charge on any atom is -0.391 e. The summed E-state index contributed by atoms with van der Waals surface area (Å²) in [5.41, 5.74) is 4.65. The Morgan fingerprint density at radius 1 is 0.449 bits per heavy atom. The summed E-state index contributed by atoms with van der Waals surface area (Å²) in [4.78, 5) is 112. The molecule has 6 amide bonds. The highest BCUT2D eigenvalue weighted by atomic mass is 32.2. The van der Waals surface area contributed by atoms with Crippen molar-refractivity contribution in [3.8, 4) is 0 Å². The molecule has 15 aliphatic heterocycles. The van der Waals surface area contributed by atoms with Crippen molar-refractivity contribution in [2.75, 3.05) is 337 Å². The summed E-state index contributed by atoms with van der Waals surface area (Å²) in [6.45, 7) is 100. The molecule has 15 rings (SSSR count). The number of primary amides is 1. The highest BCUT2D eigenvalue weighted by Crippen LogP contribution is 2.41. The molecule has 147 heavy (non-hydrogen) atoms. The molecular weight excluding hydrogens is 1880 g/mol. The van der Waals surface area contributed by atoms with Crippen molar-refractivity contribution in [3.05, 3.63) is 0 Å². The third-order valence-electron chi connectivity index (χ3n) is 31.3. The summed E-state index contributed by atoms with van der Waals surface area (Å²) >= 11 is 0. The van der Waals surface area contributed by atoms with Crippen LogP contribution in [0.25, 0.3) is 0 Å². The number of aliphatic hydroxyl groups is 3. The molecule has 15 saturated heterocycles. The maximum Gasteiger partial charge on any atom is 0.237 e. The molecule has 0 aromatic carbocycles. The molecule has 0 aromatic rings. The van der Waals surface area contributed by atoms with Crippen LogP contribution >= 0.6 is 0 Å². The second kappa shape index (κ2) is 60.0. The molecule has 15 fully saturated rings. The van der Waals surface area contributed by atoms with Gasteiger partial charge in [0.2, 0.25) is 35.4 Å². The largest absolute Gasteiger partial charge is 0.391 e. The molecule has 0 aromatic heterocycles. The Hall–Kier alpha value is -3.99. The average molecular weight is 2100 g/mol. The Bertz CT molecular complexity index is 3930. The summed E-state index contributed by atoms with van der Waals surface area (Å²) in [5.74, 6) is 9.72. The molecule has 34 heteroatoms. The van der Waals surface area contributed by atoms with E-state index in [0.29, 0.717) is 97.1 Å². The molecule has 15 heterocycles. The monoisotopic (exact) mass is 2100 g/mol. The van der Waals surface area contributed by atoms with E-state index in [1.807, 2.05) is 86.8 Å². The van der Waals surface area contributed by atoms with Crippen molar-refractivity contribution in [1.29, 1.82) is 0 Å². The van der Waals surface area contributed by atoms with Crippen LogP contribution in [0.1, 0.15) is 206 Å². The molecule has 0 saturated carbocycles. The number of ether oxygens (including phenoxy) is 2. The lowest BCUT2D eigenvalue weighted by Crippen LogP contribution is -2.66. The third-order valence-corrected chi connectivity index (χ3v) is 32.2. The zero-order chi connectivity index (χ0) is 111. The van der Waals surface area contributed by atoms with E-state index in [4.69, 9.17) is 20.3 Å². The lowest BCUT2D eigenvalue weighted by Gasteiger charge is -2.53. The van der Waals surface area contributed by atoms with Gasteiger partial charge >= 0.3 is 0 Å². The number of rotatable bonds is 35. The number of aliphatic hydroxyl groups excluding tert-OH is 2. The van der Waals surface area contributed by atoms with Gasteiger partial charge in [-0.15, -0.1) is 0 Å². The van der Waals surface area contributed by atoms with Gasteiger partial charge in [-0.1, -0.05) is 138 Å². The predicted octanol–water partition coefficient (Wildman–Crippen LogP) is 7.12. The molecule has 0 bridgehead atoms. The van der Waals surface area contributed by atoms with Gasteiger partial charge in [-0.3, -0.25) is 68.0 Å². The van der Waals surface area contributed by atoms with Crippen molar-refractivity contribution >= 4 is 45.3 Å². The fraction of sp³-hybridized carbons (Fsp3) is 0.947. The van der Waals surface area contributed by atoms with E-state index in [1.54, 1.807) is 14.7 Å². The van der Waals surface area contributed by atoms with Gasteiger partial charge in [0, 0.05) is 332 Å². The molecule has 1 spiro atoms. The van der Waals surface area contributed by atoms with Gasteiger partial charge in [-0.05, 0) is 142 Å². The topological polar surface area (TPSA) is 303 Å². The Kier molecular flexibility index (Phi) is 53.7. The van der Waals surface area contributed by atoms with Crippen LogP contribution in [-0.4, -0.2) is 548 Å². The quantitative estimate of drug-likeness (QED) is 0.0491. The number of sulfone groups is 1. The number of piperidine rings is 1. The number of amides is 6. The highest BCUT2D eigenvalue weighted by Gasteiger charge is 2.50. The number of likely N-dealkylation sites (N-methyl/N-ethyl adjacent to an activating group) is 3. The van der Waals surface area contributed by atoms with E-state index in [0.717, 1.165) is 239 Å². The lowest BCUT2D eigenvalue weighted by atomic mass is 9.71. The number of nitrogens with two attached hydrogens (primary N) is 1. The fourth-order valence-corrected chi connectivity index (χ4v) is 23.2. The van der Waals surface area contributed by atoms with Gasteiger partial charge in [0.05, 0.1) is 83.7 Å². The number of hydrogen-bond donors (Lipinski definition) is 4. The lowest BCUT2D eigenvalue weighted by molar-refractivity contribution is -0.151. The average Bonchev–Trinajstić information content (AvgIpc) is 1.21. The minimum absolute atomic E-state index is 0.0523. The van der Waals surface area contributed by atoms with Gasteiger partial charge in [-0.25, -0.2) is 8.42 Å². The summed E-state index contributed by atoms with van der Waals surface area (Å²) in [6, 6.07) is 3.26. The Labute approximate surface area is 897 Å². The first kappa shape index (κ1) is 132. The third kappa shape index (κ3) is 45.3. The summed E-state index contributed by atoms with van der Waals surface area (Å²) in [5, 5.41) is 28.2. The van der Waals surface area contributed by atoms with E-state index in [2.05, 4.69) is 235 Å². The molecule has 860 valence electrons. The van der Waals surface area contributed by atoms with Crippen molar-refractivity contribution in [2.24, 2.45) is 99.4 Å². The fourth-order valence-electron chi connectivity index (χ4n) is 22.6. The first-order valence-corrected chi connectivity index (χ1v) is 59.2. The van der Waals surface area contributed by atoms with E-state index >= 15 is 0 Å². The molecule has 15 aliphatic rings. The number of nitrogens with zero attached hydrogens (tertiary/aromatic N) is 19. The second-order valence-electron chi connectivity index (χ2n) is 54.0. The molecule has 0 radical (unpaired) electrons. The van der Waals surface area contributed by atoms with Gasteiger partial charge in [0.25, 0.3) is 0 Å². The van der Waals surface area contributed by atoms with Crippen LogP contribution in [0.3, 0.4) is 0 Å². The van der Waals surface area contributed by atoms with E-state index < -0.39 is 21.0 Å². The molecule has 1 unspecified atom stereocenters. The Morgan fingerprint density at radius 2 is 0.816 bits per heavy atom. The molecule has 0 aliphatic carbocycles. The number of carbonyl (C=O) groups is 6. The predicted molar refractivity (Wildman–Crippen MR) is 600 cm³/mol. The number of β-amino-alcohol motifs (C(OH)–C–C–N with tert-alkyl or cyclic N) is 2. The van der Waals surface area contributed by atoms with Crippen LogP contribution < -0.4 is 5.73 Å². The molecule has 33 nitrogen and oxygen atoms in total. The summed E-state index contributed by atoms with van der Waals surface area (Å²) in [6.07, 6.45) is 3.44. The Morgan fingerprint density at radius 3 is 1.16 bits per heavy atom. The first-order valence-electron chi connectivity index (χ1n) is 57.2. The summed E-state index contributed by atoms with van der Waals surface area (Å²) < 4.78 is 33.0. The normalized spacial score (nSPS) is 23.2. The Balaban J connectivity index is 0.000000250. The maximum absolute atomic E-state index is 12.0. The number of morpholine rings is 1. The van der Waals surface area contributed by atoms with Crippen molar-refractivity contribution in [2.45, 2.75) is 265 Å². The van der Waals surface area contributed by atoms with Crippen molar-refractivity contribution in [3.63, 3.8) is 0 Å². The number of hydrogen-bond acceptors (Lipinski definition) is 27. The van der Waals surface area contributed by atoms with E-state index in [9.17, 15) is 47.4 Å². The zero-order valence-corrected chi connectivity index (χ0v) is 101. The zero-order valence-electron chi connectivity index (χ0n) is 100. The number of carbonyl (C=O) groups excluding carboxylic acids is 6. The van der Waals surface area contributed by atoms with Crippen LogP contribution in [0.2, 0.25) is 0 Å². The highest BCUT2D eigenvalue weighted by molar-refractivity contribution is 7.90. The van der Waals surface area contributed by atoms with Crippen LogP contribution in [0.5, 0.6) is 0 Å². The van der Waals surface area contributed by atoms with Gasteiger partial charge < -0.3 is 84.4 Å². The summed E-state index contributed by atoms with van der Waals surface area (Å²) in [7, 11) is 12.7. The van der Waals surface area contributed by atoms with Crippen LogP contribution in [0, 0.1) is 93.7 Å². The van der Waals surface area contributed by atoms with E-state index in [-0.39, 0.29) is 76.3 Å². The van der Waals surface area contributed by atoms with Gasteiger partial charge in [0.15, 0.2) is 0 Å². The van der Waals surface area contributed by atoms with Gasteiger partial charge in [0.1, 0.15) is 9.84 Å². The maximum atomic E-state index is 12.0. The van der Waals surface area contributed by atoms with Crippen molar-refractivity contribution in [1.82, 2.24) is 93.1 Å². The van der Waals surface area contributed by atoms with Crippen molar-refractivity contribution < 1.29 is 62.0 Å². The van der Waals surface area contributed by atoms with Crippen LogP contribution in [0.15, 0.2) is 0 Å². The number of likely N-dealkylation sites (tertiary alicyclic amines) is 13. The van der Waals surface area contributed by atoms with Crippen LogP contribution in [-0.2, 0) is 48.1 Å². The van der Waals surface area contributed by atoms with Crippen LogP contribution in [0.4, 0.5) is 0 Å². The first-order chi connectivity index (χ1) is 68.0. The van der Waals surface area contributed by atoms with E-state index in [1.165, 1.54) is 65.0 Å². The standard InChI is InChI=1S/C13H26N2O.C12H25N3O.C12H22N2O2.C12H22N2O.C11H24N2O2S.C11H20N2O2.2C11H22N2O.C10H20N2O.C10H21NO/c1-11(2)7-14-8-12(9-14)15-5-6-16-13(3,4)10-15;1-9(2)6-15-7-10(8-15)14(5)12(3,4)11(13)16;1-9(2)5-13-6-10(7-13)12(16)14-4-3-11(15)8-14;1-10(2)7-14-8-12(9-14)4-5-13(3)11(15)6-12;1-10(2)7-13-8-11(9-13)12(3)5-6-16(4,14)15;1-8(2)3-12-4-9(5-12)11(15)13-6-10(14)7-13;1-9(2)4-13-5-10(6-13)12(3)11-7-14-8-11;1-9(2)6-13-7-11(3,8-13)10(14)12(4)5;1-8(2)5-12-6-9(7-12)10(13)11(3)4;1-8(2)5-11-6-9(7-11)10(3,4)12/h11-12H,5-10H2,1-4H3;9-10H,6-8H2,1-5H3,(H2,13,16);9-11,15H,3-8H2,1-2H3;10H,4-9H2,1-3H3;10-11H,5-9H2,1-4H3;8-10,14H,3-7H2,1-2H3;9-11H,4-8H2,1-3H3;9H,6-8H2,1-5H3;8-9H,5-7H2,1-4H3;8-9,12H,5-7H2,1-4H3.